The van der Waals surface area contributed by atoms with Crippen LogP contribution < -0.4 is 0 Å². The number of hydrogen-bond acceptors (Lipinski definition) is 1. The molecule has 5 unspecified atom stereocenters. The van der Waals surface area contributed by atoms with Gasteiger partial charge in [-0.05, 0) is 174 Å². The quantitative estimate of drug-likeness (QED) is 0.270. The number of rotatable bonds is 5. The van der Waals surface area contributed by atoms with Crippen molar-refractivity contribution in [3.63, 3.8) is 0 Å². The number of hydrogen-bond donors (Lipinski definition) is 0. The lowest BCUT2D eigenvalue weighted by Gasteiger charge is -2.54. The lowest BCUT2D eigenvalue weighted by atomic mass is 9.53. The zero-order chi connectivity index (χ0) is 39.3. The van der Waals surface area contributed by atoms with Crippen LogP contribution in [-0.2, 0) is 5.41 Å². The summed E-state index contributed by atoms with van der Waals surface area (Å²) >= 11 is 0. The number of benzene rings is 1. The molecule has 59 heavy (non-hydrogen) atoms. The summed E-state index contributed by atoms with van der Waals surface area (Å²) < 4.78 is 0. The summed E-state index contributed by atoms with van der Waals surface area (Å²) in [6.45, 7) is 4.95. The van der Waals surface area contributed by atoms with Crippen LogP contribution in [0.25, 0.3) is 5.57 Å². The van der Waals surface area contributed by atoms with Crippen molar-refractivity contribution in [1.82, 2.24) is 4.90 Å². The summed E-state index contributed by atoms with van der Waals surface area (Å²) in [5.74, 6) is 1.61. The Morgan fingerprint density at radius 1 is 0.576 bits per heavy atom. The van der Waals surface area contributed by atoms with E-state index >= 15 is 0 Å². The molecule has 0 saturated carbocycles. The van der Waals surface area contributed by atoms with Gasteiger partial charge in [0.2, 0.25) is 0 Å². The second kappa shape index (κ2) is 13.8. The molecular formula is C58H59N. The van der Waals surface area contributed by atoms with E-state index in [-0.39, 0.29) is 16.9 Å². The minimum absolute atomic E-state index is 0.0236. The Morgan fingerprint density at radius 3 is 2.00 bits per heavy atom. The molecule has 11 aliphatic rings. The first-order valence-corrected chi connectivity index (χ1v) is 23.4. The minimum Gasteiger partial charge on any atom is -0.338 e. The van der Waals surface area contributed by atoms with E-state index in [2.05, 4.69) is 152 Å². The molecule has 0 radical (unpaired) electrons. The molecule has 1 aromatic rings. The summed E-state index contributed by atoms with van der Waals surface area (Å²) in [7, 11) is 0. The molecule has 0 N–H and O–H groups in total. The van der Waals surface area contributed by atoms with Gasteiger partial charge in [0.25, 0.3) is 0 Å². The van der Waals surface area contributed by atoms with Crippen LogP contribution in [0.2, 0.25) is 0 Å². The van der Waals surface area contributed by atoms with Gasteiger partial charge in [-0.15, -0.1) is 0 Å². The van der Waals surface area contributed by atoms with E-state index in [0.29, 0.717) is 23.7 Å². The number of allylic oxidation sites excluding steroid dienone is 28. The Morgan fingerprint density at radius 2 is 1.27 bits per heavy atom. The second-order valence-electron chi connectivity index (χ2n) is 19.6. The van der Waals surface area contributed by atoms with Crippen LogP contribution in [0.5, 0.6) is 0 Å². The Labute approximate surface area is 353 Å². The van der Waals surface area contributed by atoms with Gasteiger partial charge in [-0.2, -0.15) is 0 Å². The molecule has 0 amide bonds. The maximum absolute atomic E-state index is 2.94. The van der Waals surface area contributed by atoms with Crippen molar-refractivity contribution in [2.75, 3.05) is 0 Å². The Balaban J connectivity index is 1.06. The largest absolute Gasteiger partial charge is 0.338 e. The van der Waals surface area contributed by atoms with Gasteiger partial charge in [0, 0.05) is 34.1 Å². The van der Waals surface area contributed by atoms with Gasteiger partial charge in [0.05, 0.1) is 6.04 Å². The van der Waals surface area contributed by atoms with Crippen molar-refractivity contribution in [2.45, 2.75) is 109 Å². The summed E-state index contributed by atoms with van der Waals surface area (Å²) in [4.78, 5) is 2.94. The van der Waals surface area contributed by atoms with Crippen molar-refractivity contribution in [3.05, 3.63) is 206 Å². The summed E-state index contributed by atoms with van der Waals surface area (Å²) in [5.41, 5.74) is 22.1. The van der Waals surface area contributed by atoms with E-state index in [9.17, 15) is 0 Å². The third-order valence-electron chi connectivity index (χ3n) is 16.6. The monoisotopic (exact) mass is 769 g/mol. The maximum atomic E-state index is 2.94. The molecule has 0 aromatic heterocycles. The highest BCUT2D eigenvalue weighted by atomic mass is 15.2. The first kappa shape index (κ1) is 36.0. The van der Waals surface area contributed by atoms with Crippen molar-refractivity contribution in [1.29, 1.82) is 0 Å². The SMILES string of the molecule is CC1(C)C2=C(CCC(N(C3=CC4C5=C(CCC=C5)C5=C(C=CCC5)C4C=C3)C3C=CCCC3C3(C4C=CC=CC4)C4=C(CCC=C4)C4=C3C=CCC4)=C2)c2ccccc21. The Kier molecular flexibility index (Phi) is 8.45. The highest BCUT2D eigenvalue weighted by Gasteiger charge is 2.57. The molecule has 0 aliphatic heterocycles. The van der Waals surface area contributed by atoms with Crippen LogP contribution in [0.1, 0.15) is 108 Å². The third-order valence-corrected chi connectivity index (χ3v) is 16.6. The molecule has 1 nitrogen and oxygen atoms in total. The third kappa shape index (κ3) is 5.22. The molecule has 11 aliphatic carbocycles. The van der Waals surface area contributed by atoms with Crippen LogP contribution in [0.4, 0.5) is 0 Å². The van der Waals surface area contributed by atoms with Crippen molar-refractivity contribution in [3.8, 4) is 0 Å². The summed E-state index contributed by atoms with van der Waals surface area (Å²) in [6, 6.07) is 9.50. The van der Waals surface area contributed by atoms with E-state index in [1.165, 1.54) is 66.6 Å². The molecular weight excluding hydrogens is 711 g/mol. The minimum atomic E-state index is -0.0727. The molecule has 0 saturated heterocycles. The smallest absolute Gasteiger partial charge is 0.0559 e. The van der Waals surface area contributed by atoms with Crippen molar-refractivity contribution >= 4 is 5.57 Å². The first-order valence-electron chi connectivity index (χ1n) is 23.4. The Hall–Kier alpha value is -4.88. The predicted octanol–water partition coefficient (Wildman–Crippen LogP) is 14.5. The molecule has 5 atom stereocenters. The average molecular weight is 770 g/mol. The van der Waals surface area contributed by atoms with Gasteiger partial charge in [-0.3, -0.25) is 0 Å². The molecule has 296 valence electrons. The fourth-order valence-electron chi connectivity index (χ4n) is 14.2. The van der Waals surface area contributed by atoms with Gasteiger partial charge in [-0.1, -0.05) is 135 Å². The molecule has 0 heterocycles. The van der Waals surface area contributed by atoms with E-state index in [0.717, 1.165) is 44.9 Å². The lowest BCUT2D eigenvalue weighted by molar-refractivity contribution is 0.115. The highest BCUT2D eigenvalue weighted by Crippen LogP contribution is 2.65. The van der Waals surface area contributed by atoms with E-state index in [1.807, 2.05) is 0 Å². The fraction of sp³-hybridized carbons (Fsp3) is 0.379. The molecule has 0 bridgehead atoms. The van der Waals surface area contributed by atoms with Crippen molar-refractivity contribution in [2.24, 2.45) is 29.1 Å². The normalized spacial score (nSPS) is 31.5. The lowest BCUT2D eigenvalue weighted by Crippen LogP contribution is -2.51. The van der Waals surface area contributed by atoms with Crippen LogP contribution in [0.15, 0.2) is 195 Å². The zero-order valence-corrected chi connectivity index (χ0v) is 35.2. The summed E-state index contributed by atoms with van der Waals surface area (Å²) in [5, 5.41) is 0. The van der Waals surface area contributed by atoms with Gasteiger partial charge >= 0.3 is 0 Å². The van der Waals surface area contributed by atoms with E-state index < -0.39 is 0 Å². The number of fused-ring (bicyclic) bond motifs is 7. The van der Waals surface area contributed by atoms with Crippen LogP contribution in [0.3, 0.4) is 0 Å². The molecule has 1 heteroatoms. The molecule has 0 fully saturated rings. The fourth-order valence-corrected chi connectivity index (χ4v) is 14.2. The topological polar surface area (TPSA) is 3.24 Å². The van der Waals surface area contributed by atoms with Crippen LogP contribution in [0, 0.1) is 29.1 Å². The van der Waals surface area contributed by atoms with E-state index in [1.54, 1.807) is 50.2 Å². The first-order chi connectivity index (χ1) is 29.0. The maximum Gasteiger partial charge on any atom is 0.0559 e. The van der Waals surface area contributed by atoms with E-state index in [4.69, 9.17) is 0 Å². The number of nitrogens with zero attached hydrogens (tertiary/aromatic N) is 1. The van der Waals surface area contributed by atoms with Gasteiger partial charge in [0.15, 0.2) is 0 Å². The Bertz CT molecular complexity index is 2480. The van der Waals surface area contributed by atoms with Gasteiger partial charge in [0.1, 0.15) is 0 Å². The molecule has 12 rings (SSSR count). The highest BCUT2D eigenvalue weighted by molar-refractivity contribution is 5.83. The standard InChI is InChI=1S/C58H59N/c1-57(2)51-27-13-10-24-46(51)49-35-33-40(37-55(49)57)59(39-32-34-45-43-22-7-6-20-41(43)42-21-8-9-23-44(42)50(45)36-39)56-31-17-16-30-54(56)58(38-18-4-3-5-19-38)52-28-14-11-25-47(52)48-26-12-15-29-53(48)58/h3-5,7,9-10,13-15,17-18,22-24,27-29,31-32,34,36-38,45,50,54,56H,6,8,11-12,16,19-21,25-26,30,33,35H2,1-2H3. The summed E-state index contributed by atoms with van der Waals surface area (Å²) in [6.07, 6.45) is 60.9. The van der Waals surface area contributed by atoms with Crippen LogP contribution >= 0.6 is 0 Å². The van der Waals surface area contributed by atoms with Gasteiger partial charge < -0.3 is 4.90 Å². The van der Waals surface area contributed by atoms with Gasteiger partial charge in [-0.25, -0.2) is 0 Å². The average Bonchev–Trinajstić information content (AvgIpc) is 3.72. The second-order valence-corrected chi connectivity index (χ2v) is 19.6. The van der Waals surface area contributed by atoms with Crippen molar-refractivity contribution < 1.29 is 0 Å². The molecule has 0 spiro atoms. The molecule has 1 aromatic carbocycles. The predicted molar refractivity (Wildman–Crippen MR) is 246 cm³/mol. The zero-order valence-electron chi connectivity index (χ0n) is 35.2. The van der Waals surface area contributed by atoms with Crippen LogP contribution in [-0.4, -0.2) is 10.9 Å².